The van der Waals surface area contributed by atoms with E-state index in [4.69, 9.17) is 0 Å². The first-order chi connectivity index (χ1) is 11.7. The van der Waals surface area contributed by atoms with Crippen LogP contribution < -0.4 is 0 Å². The average molecular weight is 343 g/mol. The molecule has 1 aromatic carbocycles. The molecule has 2 aromatic rings. The molecule has 1 aromatic heterocycles. The van der Waals surface area contributed by atoms with Crippen molar-refractivity contribution in [1.29, 1.82) is 0 Å². The van der Waals surface area contributed by atoms with Crippen molar-refractivity contribution in [3.63, 3.8) is 0 Å². The number of thiazole rings is 1. The molecule has 1 aliphatic rings. The molecule has 128 valence electrons. The van der Waals surface area contributed by atoms with E-state index in [2.05, 4.69) is 46.5 Å². The van der Waals surface area contributed by atoms with Crippen LogP contribution in [0.15, 0.2) is 35.2 Å². The van der Waals surface area contributed by atoms with Crippen LogP contribution in [0.4, 0.5) is 0 Å². The highest BCUT2D eigenvalue weighted by Crippen LogP contribution is 2.12. The Bertz CT molecular complexity index is 656. The van der Waals surface area contributed by atoms with Crippen molar-refractivity contribution < 1.29 is 4.79 Å². The normalized spacial score (nSPS) is 16.1. The van der Waals surface area contributed by atoms with Gasteiger partial charge in [0, 0.05) is 44.5 Å². The molecule has 1 fully saturated rings. The Hall–Kier alpha value is -1.72. The lowest BCUT2D eigenvalue weighted by molar-refractivity contribution is -0.131. The van der Waals surface area contributed by atoms with Crippen LogP contribution in [0.3, 0.4) is 0 Å². The van der Waals surface area contributed by atoms with Gasteiger partial charge in [0.15, 0.2) is 0 Å². The summed E-state index contributed by atoms with van der Waals surface area (Å²) in [6.07, 6.45) is 2.48. The summed E-state index contributed by atoms with van der Waals surface area (Å²) in [6, 6.07) is 8.44. The fraction of sp³-hybridized carbons (Fsp3) is 0.474. The van der Waals surface area contributed by atoms with Gasteiger partial charge in [0.1, 0.15) is 0 Å². The standard InChI is InChI=1S/C19H25N3OS/c1-16-4-2-5-17(12-16)6-7-19(23)22-9-3-8-21(10-11-22)13-18-14-24-15-20-18/h2,4-5,12,14-15H,3,6-11,13H2,1H3. The van der Waals surface area contributed by atoms with Crippen LogP contribution >= 0.6 is 11.3 Å². The monoisotopic (exact) mass is 343 g/mol. The predicted molar refractivity (Wildman–Crippen MR) is 98.1 cm³/mol. The first-order valence-electron chi connectivity index (χ1n) is 8.63. The van der Waals surface area contributed by atoms with E-state index in [1.54, 1.807) is 11.3 Å². The molecule has 0 bridgehead atoms. The maximum Gasteiger partial charge on any atom is 0.222 e. The number of aryl methyl sites for hydroxylation is 2. The first-order valence-corrected chi connectivity index (χ1v) is 9.58. The molecule has 1 aliphatic heterocycles. The summed E-state index contributed by atoms with van der Waals surface area (Å²) < 4.78 is 0. The molecule has 2 heterocycles. The molecule has 5 heteroatoms. The number of aromatic nitrogens is 1. The van der Waals surface area contributed by atoms with E-state index in [1.807, 2.05) is 10.4 Å². The van der Waals surface area contributed by atoms with Gasteiger partial charge < -0.3 is 4.90 Å². The zero-order valence-electron chi connectivity index (χ0n) is 14.3. The van der Waals surface area contributed by atoms with Gasteiger partial charge in [-0.15, -0.1) is 11.3 Å². The molecule has 1 saturated heterocycles. The number of carbonyl (C=O) groups excluding carboxylic acids is 1. The van der Waals surface area contributed by atoms with Gasteiger partial charge in [-0.25, -0.2) is 4.98 Å². The Balaban J connectivity index is 1.47. The van der Waals surface area contributed by atoms with Crippen LogP contribution in [0, 0.1) is 6.92 Å². The zero-order valence-corrected chi connectivity index (χ0v) is 15.1. The Labute approximate surface area is 148 Å². The minimum absolute atomic E-state index is 0.284. The van der Waals surface area contributed by atoms with Crippen LogP contribution in [0.5, 0.6) is 0 Å². The minimum atomic E-state index is 0.284. The number of nitrogens with zero attached hydrogens (tertiary/aromatic N) is 3. The fourth-order valence-electron chi connectivity index (χ4n) is 3.20. The second kappa shape index (κ2) is 8.40. The van der Waals surface area contributed by atoms with Crippen LogP contribution in [-0.2, 0) is 17.8 Å². The summed E-state index contributed by atoms with van der Waals surface area (Å²) in [4.78, 5) is 21.3. The van der Waals surface area contributed by atoms with Gasteiger partial charge in [-0.3, -0.25) is 9.69 Å². The Kier molecular flexibility index (Phi) is 5.99. The van der Waals surface area contributed by atoms with E-state index in [1.165, 1.54) is 11.1 Å². The van der Waals surface area contributed by atoms with Crippen molar-refractivity contribution in [3.8, 4) is 0 Å². The summed E-state index contributed by atoms with van der Waals surface area (Å²) >= 11 is 1.64. The lowest BCUT2D eigenvalue weighted by atomic mass is 10.1. The minimum Gasteiger partial charge on any atom is -0.341 e. The second-order valence-corrected chi connectivity index (χ2v) is 7.20. The highest BCUT2D eigenvalue weighted by molar-refractivity contribution is 7.07. The molecular formula is C19H25N3OS. The Morgan fingerprint density at radius 3 is 2.96 bits per heavy atom. The summed E-state index contributed by atoms with van der Waals surface area (Å²) in [5, 5.41) is 2.11. The maximum absolute atomic E-state index is 12.5. The van der Waals surface area contributed by atoms with Crippen molar-refractivity contribution in [2.24, 2.45) is 0 Å². The SMILES string of the molecule is Cc1cccc(CCC(=O)N2CCCN(Cc3cscn3)CC2)c1. The van der Waals surface area contributed by atoms with Gasteiger partial charge in [-0.2, -0.15) is 0 Å². The van der Waals surface area contributed by atoms with Crippen LogP contribution in [-0.4, -0.2) is 46.9 Å². The smallest absolute Gasteiger partial charge is 0.222 e. The van der Waals surface area contributed by atoms with Gasteiger partial charge in [-0.1, -0.05) is 29.8 Å². The lowest BCUT2D eigenvalue weighted by Crippen LogP contribution is -2.35. The van der Waals surface area contributed by atoms with E-state index in [-0.39, 0.29) is 5.91 Å². The Morgan fingerprint density at radius 2 is 2.17 bits per heavy atom. The van der Waals surface area contributed by atoms with Crippen molar-refractivity contribution in [1.82, 2.24) is 14.8 Å². The van der Waals surface area contributed by atoms with Crippen LogP contribution in [0.2, 0.25) is 0 Å². The van der Waals surface area contributed by atoms with Crippen molar-refractivity contribution >= 4 is 17.2 Å². The molecular weight excluding hydrogens is 318 g/mol. The van der Waals surface area contributed by atoms with Crippen molar-refractivity contribution in [3.05, 3.63) is 52.0 Å². The average Bonchev–Trinajstić information content (AvgIpc) is 2.97. The first kappa shape index (κ1) is 17.1. The second-order valence-electron chi connectivity index (χ2n) is 6.48. The molecule has 1 amide bonds. The number of benzene rings is 1. The number of amides is 1. The topological polar surface area (TPSA) is 36.4 Å². The van der Waals surface area contributed by atoms with Gasteiger partial charge in [0.05, 0.1) is 11.2 Å². The third kappa shape index (κ3) is 4.89. The van der Waals surface area contributed by atoms with Crippen molar-refractivity contribution in [2.45, 2.75) is 32.7 Å². The van der Waals surface area contributed by atoms with Gasteiger partial charge in [-0.05, 0) is 25.3 Å². The summed E-state index contributed by atoms with van der Waals surface area (Å²) in [7, 11) is 0. The highest BCUT2D eigenvalue weighted by atomic mass is 32.1. The Morgan fingerprint density at radius 1 is 1.25 bits per heavy atom. The summed E-state index contributed by atoms with van der Waals surface area (Å²) in [6.45, 7) is 6.68. The largest absolute Gasteiger partial charge is 0.341 e. The van der Waals surface area contributed by atoms with E-state index >= 15 is 0 Å². The number of rotatable bonds is 5. The highest BCUT2D eigenvalue weighted by Gasteiger charge is 2.19. The molecule has 0 saturated carbocycles. The van der Waals surface area contributed by atoms with E-state index < -0.39 is 0 Å². The number of hydrogen-bond donors (Lipinski definition) is 0. The third-order valence-electron chi connectivity index (χ3n) is 4.52. The van der Waals surface area contributed by atoms with Gasteiger partial charge in [0.2, 0.25) is 5.91 Å². The van der Waals surface area contributed by atoms with E-state index in [9.17, 15) is 4.79 Å². The quantitative estimate of drug-likeness (QED) is 0.837. The number of carbonyl (C=O) groups is 1. The third-order valence-corrected chi connectivity index (χ3v) is 5.16. The molecule has 0 atom stereocenters. The van der Waals surface area contributed by atoms with E-state index in [0.717, 1.165) is 51.3 Å². The maximum atomic E-state index is 12.5. The summed E-state index contributed by atoms with van der Waals surface area (Å²) in [5.74, 6) is 0.284. The molecule has 0 aliphatic carbocycles. The zero-order chi connectivity index (χ0) is 16.8. The lowest BCUT2D eigenvalue weighted by Gasteiger charge is -2.21. The number of hydrogen-bond acceptors (Lipinski definition) is 4. The fourth-order valence-corrected chi connectivity index (χ4v) is 3.75. The molecule has 0 spiro atoms. The predicted octanol–water partition coefficient (Wildman–Crippen LogP) is 3.12. The van der Waals surface area contributed by atoms with Crippen molar-refractivity contribution in [2.75, 3.05) is 26.2 Å². The van der Waals surface area contributed by atoms with Gasteiger partial charge >= 0.3 is 0 Å². The molecule has 4 nitrogen and oxygen atoms in total. The van der Waals surface area contributed by atoms with Gasteiger partial charge in [0.25, 0.3) is 0 Å². The van der Waals surface area contributed by atoms with Crippen LogP contribution in [0.1, 0.15) is 29.7 Å². The molecule has 0 N–H and O–H groups in total. The van der Waals surface area contributed by atoms with Crippen LogP contribution in [0.25, 0.3) is 0 Å². The molecule has 24 heavy (non-hydrogen) atoms. The van der Waals surface area contributed by atoms with E-state index in [0.29, 0.717) is 6.42 Å². The summed E-state index contributed by atoms with van der Waals surface area (Å²) in [5.41, 5.74) is 5.53. The molecule has 0 radical (unpaired) electrons. The molecule has 0 unspecified atom stereocenters. The molecule has 3 rings (SSSR count).